The number of nitrogens with zero attached hydrogens (tertiary/aromatic N) is 2. The van der Waals surface area contributed by atoms with E-state index in [1.54, 1.807) is 46.2 Å². The molecule has 0 radical (unpaired) electrons. The fourth-order valence-corrected chi connectivity index (χ4v) is 4.92. The number of aromatic amines is 1. The summed E-state index contributed by atoms with van der Waals surface area (Å²) in [6.45, 7) is 0.826. The van der Waals surface area contributed by atoms with Crippen molar-refractivity contribution in [1.29, 1.82) is 0 Å². The lowest BCUT2D eigenvalue weighted by Crippen LogP contribution is -2.45. The minimum Gasteiger partial charge on any atom is -0.361 e. The lowest BCUT2D eigenvalue weighted by molar-refractivity contribution is -0.132. The summed E-state index contributed by atoms with van der Waals surface area (Å²) in [5, 5.41) is 5.52. The fraction of sp³-hybridized carbons (Fsp3) is 0.241. The Hall–Kier alpha value is -3.19. The molecule has 3 amide bonds. The van der Waals surface area contributed by atoms with Gasteiger partial charge in [0.05, 0.1) is 10.0 Å². The van der Waals surface area contributed by atoms with Gasteiger partial charge in [0.2, 0.25) is 5.91 Å². The molecule has 2 N–H and O–H groups in total. The number of hydrogen-bond donors (Lipinski definition) is 2. The first-order valence-corrected chi connectivity index (χ1v) is 13.6. The molecule has 6 nitrogen and oxygen atoms in total. The van der Waals surface area contributed by atoms with Gasteiger partial charge in [-0.25, -0.2) is 4.79 Å². The quantitative estimate of drug-likeness (QED) is 0.221. The molecule has 0 saturated heterocycles. The van der Waals surface area contributed by atoms with Crippen molar-refractivity contribution in [3.63, 3.8) is 0 Å². The molecule has 3 aromatic carbocycles. The molecule has 0 bridgehead atoms. The monoisotopic (exact) mass is 568 g/mol. The summed E-state index contributed by atoms with van der Waals surface area (Å²) in [6, 6.07) is 20.1. The van der Waals surface area contributed by atoms with Crippen LogP contribution in [0, 0.1) is 0 Å². The molecule has 38 heavy (non-hydrogen) atoms. The number of carbonyl (C=O) groups excluding carboxylic acids is 2. The molecule has 1 saturated carbocycles. The van der Waals surface area contributed by atoms with Gasteiger partial charge in [-0.1, -0.05) is 59.1 Å². The highest BCUT2D eigenvalue weighted by molar-refractivity contribution is 6.42. The van der Waals surface area contributed by atoms with Gasteiger partial charge in [0.25, 0.3) is 0 Å². The zero-order chi connectivity index (χ0) is 26.6. The number of carbonyl (C=O) groups is 2. The third-order valence-corrected chi connectivity index (χ3v) is 7.68. The van der Waals surface area contributed by atoms with E-state index < -0.39 is 0 Å². The van der Waals surface area contributed by atoms with Crippen LogP contribution in [0.15, 0.2) is 72.9 Å². The van der Waals surface area contributed by atoms with Crippen LogP contribution < -0.4 is 5.32 Å². The number of fused-ring (bicyclic) bond motifs is 1. The summed E-state index contributed by atoms with van der Waals surface area (Å²) < 4.78 is 0. The van der Waals surface area contributed by atoms with E-state index in [2.05, 4.69) is 16.4 Å². The average Bonchev–Trinajstić information content (AvgIpc) is 3.67. The number of rotatable bonds is 9. The molecule has 0 atom stereocenters. The SMILES string of the molecule is O=C(CN(C(=O)Nc1ccc(Cl)cc1)C1CC1)N(CCc1c[nH]c2ccccc12)Cc1ccc(Cl)c(Cl)c1. The van der Waals surface area contributed by atoms with Crippen molar-refractivity contribution in [2.75, 3.05) is 18.4 Å². The van der Waals surface area contributed by atoms with Crippen LogP contribution in [0.4, 0.5) is 10.5 Å². The molecule has 1 aliphatic rings. The molecule has 1 fully saturated rings. The van der Waals surface area contributed by atoms with Crippen molar-refractivity contribution < 1.29 is 9.59 Å². The lowest BCUT2D eigenvalue weighted by Gasteiger charge is -2.28. The summed E-state index contributed by atoms with van der Waals surface area (Å²) in [7, 11) is 0. The number of amides is 3. The number of benzene rings is 3. The molecule has 5 rings (SSSR count). The molecule has 9 heteroatoms. The van der Waals surface area contributed by atoms with E-state index in [1.807, 2.05) is 30.5 Å². The van der Waals surface area contributed by atoms with Crippen LogP contribution in [0.2, 0.25) is 15.1 Å². The Kier molecular flexibility index (Phi) is 8.12. The van der Waals surface area contributed by atoms with Gasteiger partial charge in [0.1, 0.15) is 6.54 Å². The number of aromatic nitrogens is 1. The van der Waals surface area contributed by atoms with E-state index in [0.717, 1.165) is 34.9 Å². The maximum absolute atomic E-state index is 13.7. The van der Waals surface area contributed by atoms with Gasteiger partial charge in [-0.2, -0.15) is 0 Å². The third-order valence-electron chi connectivity index (χ3n) is 6.69. The molecule has 196 valence electrons. The van der Waals surface area contributed by atoms with Gasteiger partial charge < -0.3 is 20.1 Å². The van der Waals surface area contributed by atoms with Crippen LogP contribution in [0.1, 0.15) is 24.0 Å². The van der Waals surface area contributed by atoms with E-state index in [0.29, 0.717) is 40.3 Å². The standard InChI is InChI=1S/C29H27Cl3N4O2/c30-21-6-8-22(9-7-21)34-29(38)36(23-10-11-23)18-28(37)35(17-19-5-12-25(31)26(32)15-19)14-13-20-16-33-27-4-2-1-3-24(20)27/h1-9,12,15-16,23,33H,10-11,13-14,17-18H2,(H,34,38). The van der Waals surface area contributed by atoms with Gasteiger partial charge in [0.15, 0.2) is 0 Å². The number of hydrogen-bond acceptors (Lipinski definition) is 2. The Balaban J connectivity index is 1.33. The predicted molar refractivity (Wildman–Crippen MR) is 154 cm³/mol. The highest BCUT2D eigenvalue weighted by Crippen LogP contribution is 2.28. The second kappa shape index (κ2) is 11.7. The molecule has 1 heterocycles. The summed E-state index contributed by atoms with van der Waals surface area (Å²) >= 11 is 18.3. The Morgan fingerprint density at radius 3 is 2.45 bits per heavy atom. The first-order valence-electron chi connectivity index (χ1n) is 12.5. The number of urea groups is 1. The van der Waals surface area contributed by atoms with Crippen molar-refractivity contribution in [1.82, 2.24) is 14.8 Å². The number of anilines is 1. The number of H-pyrrole nitrogens is 1. The minimum absolute atomic E-state index is 0.0146. The molecular formula is C29H27Cl3N4O2. The largest absolute Gasteiger partial charge is 0.361 e. The van der Waals surface area contributed by atoms with Crippen LogP contribution in [0.3, 0.4) is 0 Å². The second-order valence-corrected chi connectivity index (χ2v) is 10.7. The first kappa shape index (κ1) is 26.4. The second-order valence-electron chi connectivity index (χ2n) is 9.47. The molecule has 0 spiro atoms. The topological polar surface area (TPSA) is 68.4 Å². The molecule has 0 unspecified atom stereocenters. The Labute approximate surface area is 236 Å². The smallest absolute Gasteiger partial charge is 0.322 e. The first-order chi connectivity index (χ1) is 18.4. The normalized spacial score (nSPS) is 12.9. The zero-order valence-corrected chi connectivity index (χ0v) is 22.9. The van der Waals surface area contributed by atoms with E-state index in [-0.39, 0.29) is 24.5 Å². The number of halogens is 3. The van der Waals surface area contributed by atoms with Crippen molar-refractivity contribution in [3.05, 3.63) is 99.1 Å². The van der Waals surface area contributed by atoms with E-state index in [4.69, 9.17) is 34.8 Å². The van der Waals surface area contributed by atoms with Crippen LogP contribution in [0.25, 0.3) is 10.9 Å². The Bertz CT molecular complexity index is 1450. The van der Waals surface area contributed by atoms with Crippen molar-refractivity contribution >= 4 is 63.3 Å². The Morgan fingerprint density at radius 2 is 1.71 bits per heavy atom. The third kappa shape index (κ3) is 6.44. The highest BCUT2D eigenvalue weighted by Gasteiger charge is 2.35. The summed E-state index contributed by atoms with van der Waals surface area (Å²) in [4.78, 5) is 33.5. The van der Waals surface area contributed by atoms with Gasteiger partial charge in [-0.05, 0) is 72.9 Å². The number of nitrogens with one attached hydrogen (secondary N) is 2. The van der Waals surface area contributed by atoms with Crippen molar-refractivity contribution in [3.8, 4) is 0 Å². The average molecular weight is 570 g/mol. The number of para-hydroxylation sites is 1. The zero-order valence-electron chi connectivity index (χ0n) is 20.6. The predicted octanol–water partition coefficient (Wildman–Crippen LogP) is 7.40. The van der Waals surface area contributed by atoms with Crippen molar-refractivity contribution in [2.24, 2.45) is 0 Å². The fourth-order valence-electron chi connectivity index (χ4n) is 4.47. The van der Waals surface area contributed by atoms with Crippen LogP contribution in [0.5, 0.6) is 0 Å². The van der Waals surface area contributed by atoms with Crippen molar-refractivity contribution in [2.45, 2.75) is 31.8 Å². The minimum atomic E-state index is -0.297. The van der Waals surface area contributed by atoms with E-state index in [9.17, 15) is 9.59 Å². The van der Waals surface area contributed by atoms with Crippen LogP contribution >= 0.6 is 34.8 Å². The Morgan fingerprint density at radius 1 is 0.947 bits per heavy atom. The lowest BCUT2D eigenvalue weighted by atomic mass is 10.1. The van der Waals surface area contributed by atoms with Crippen LogP contribution in [-0.4, -0.2) is 45.9 Å². The van der Waals surface area contributed by atoms with Crippen LogP contribution in [-0.2, 0) is 17.8 Å². The summed E-state index contributed by atoms with van der Waals surface area (Å²) in [5.41, 5.74) is 3.69. The maximum Gasteiger partial charge on any atom is 0.322 e. The molecule has 0 aliphatic heterocycles. The van der Waals surface area contributed by atoms with Gasteiger partial charge in [-0.15, -0.1) is 0 Å². The highest BCUT2D eigenvalue weighted by atomic mass is 35.5. The van der Waals surface area contributed by atoms with E-state index >= 15 is 0 Å². The molecule has 4 aromatic rings. The summed E-state index contributed by atoms with van der Waals surface area (Å²) in [5.74, 6) is -0.130. The molecule has 1 aromatic heterocycles. The maximum atomic E-state index is 13.7. The van der Waals surface area contributed by atoms with Gasteiger partial charge >= 0.3 is 6.03 Å². The molecule has 1 aliphatic carbocycles. The van der Waals surface area contributed by atoms with Gasteiger partial charge in [0, 0.05) is 46.9 Å². The molecular weight excluding hydrogens is 543 g/mol. The summed E-state index contributed by atoms with van der Waals surface area (Å²) in [6.07, 6.45) is 4.41. The van der Waals surface area contributed by atoms with Gasteiger partial charge in [-0.3, -0.25) is 4.79 Å². The van der Waals surface area contributed by atoms with E-state index in [1.165, 1.54) is 0 Å².